The van der Waals surface area contributed by atoms with Gasteiger partial charge in [-0.1, -0.05) is 5.16 Å². The second kappa shape index (κ2) is 5.93. The minimum Gasteiger partial charge on any atom is -0.339 e. The van der Waals surface area contributed by atoms with Crippen LogP contribution in [0.4, 0.5) is 0 Å². The summed E-state index contributed by atoms with van der Waals surface area (Å²) in [7, 11) is 0. The summed E-state index contributed by atoms with van der Waals surface area (Å²) in [6.45, 7) is 3.20. The molecule has 1 aliphatic rings. The van der Waals surface area contributed by atoms with E-state index in [4.69, 9.17) is 4.52 Å². The molecule has 0 bridgehead atoms. The highest BCUT2D eigenvalue weighted by Gasteiger charge is 2.27. The summed E-state index contributed by atoms with van der Waals surface area (Å²) in [6.07, 6.45) is 4.95. The lowest BCUT2D eigenvalue weighted by Crippen LogP contribution is -2.38. The first-order valence-electron chi connectivity index (χ1n) is 6.83. The van der Waals surface area contributed by atoms with Crippen molar-refractivity contribution in [3.63, 3.8) is 0 Å². The van der Waals surface area contributed by atoms with Crippen LogP contribution < -0.4 is 0 Å². The topological polar surface area (TPSA) is 72.1 Å². The van der Waals surface area contributed by atoms with Gasteiger partial charge in [-0.3, -0.25) is 9.78 Å². The van der Waals surface area contributed by atoms with E-state index in [0.29, 0.717) is 30.4 Å². The predicted octanol–water partition coefficient (Wildman–Crippen LogP) is 2.56. The first-order valence-corrected chi connectivity index (χ1v) is 7.63. The second-order valence-corrected chi connectivity index (χ2v) is 6.05. The number of likely N-dealkylation sites (tertiary alicyclic amines) is 1. The summed E-state index contributed by atoms with van der Waals surface area (Å²) in [5, 5.41) is 3.82. The second-order valence-electron chi connectivity index (χ2n) is 5.14. The van der Waals surface area contributed by atoms with Crippen molar-refractivity contribution in [2.45, 2.75) is 25.7 Å². The zero-order valence-corrected chi connectivity index (χ0v) is 13.2. The van der Waals surface area contributed by atoms with Gasteiger partial charge in [0.1, 0.15) is 0 Å². The SMILES string of the molecule is Cc1noc(C2CCN(C(=O)c3cncc(Br)c3)CC2)n1. The summed E-state index contributed by atoms with van der Waals surface area (Å²) < 4.78 is 6.03. The van der Waals surface area contributed by atoms with Gasteiger partial charge in [-0.2, -0.15) is 4.98 Å². The van der Waals surface area contributed by atoms with E-state index in [9.17, 15) is 4.79 Å². The van der Waals surface area contributed by atoms with Crippen LogP contribution in [0.5, 0.6) is 0 Å². The molecule has 3 rings (SSSR count). The third kappa shape index (κ3) is 3.12. The normalized spacial score (nSPS) is 16.2. The summed E-state index contributed by atoms with van der Waals surface area (Å²) in [5.41, 5.74) is 0.608. The van der Waals surface area contributed by atoms with Gasteiger partial charge >= 0.3 is 0 Å². The van der Waals surface area contributed by atoms with Crippen molar-refractivity contribution in [2.24, 2.45) is 0 Å². The average molecular weight is 351 g/mol. The van der Waals surface area contributed by atoms with Crippen molar-refractivity contribution in [1.82, 2.24) is 20.0 Å². The van der Waals surface area contributed by atoms with E-state index in [1.807, 2.05) is 11.8 Å². The number of amides is 1. The Kier molecular flexibility index (Phi) is 4.01. The minimum absolute atomic E-state index is 0.0176. The van der Waals surface area contributed by atoms with Crippen LogP contribution in [0.2, 0.25) is 0 Å². The maximum absolute atomic E-state index is 12.4. The molecule has 7 heteroatoms. The fourth-order valence-electron chi connectivity index (χ4n) is 2.52. The fraction of sp³-hybridized carbons (Fsp3) is 0.429. The van der Waals surface area contributed by atoms with Gasteiger partial charge in [0.2, 0.25) is 5.89 Å². The Morgan fingerprint density at radius 3 is 2.76 bits per heavy atom. The Hall–Kier alpha value is -1.76. The first-order chi connectivity index (χ1) is 10.1. The molecule has 0 N–H and O–H groups in total. The molecule has 1 fully saturated rings. The molecule has 0 aromatic carbocycles. The molecule has 0 atom stereocenters. The van der Waals surface area contributed by atoms with Crippen molar-refractivity contribution in [3.8, 4) is 0 Å². The average Bonchev–Trinajstić information content (AvgIpc) is 2.93. The first kappa shape index (κ1) is 14.2. The van der Waals surface area contributed by atoms with Crippen LogP contribution >= 0.6 is 15.9 Å². The predicted molar refractivity (Wildman–Crippen MR) is 78.9 cm³/mol. The standard InChI is InChI=1S/C14H15BrN4O2/c1-9-17-13(21-18-9)10-2-4-19(5-3-10)14(20)11-6-12(15)8-16-7-11/h6-8,10H,2-5H2,1H3. The third-order valence-corrected chi connectivity index (χ3v) is 4.06. The summed E-state index contributed by atoms with van der Waals surface area (Å²) in [4.78, 5) is 22.6. The van der Waals surface area contributed by atoms with Crippen molar-refractivity contribution in [1.29, 1.82) is 0 Å². The molecule has 1 saturated heterocycles. The lowest BCUT2D eigenvalue weighted by atomic mass is 9.96. The van der Waals surface area contributed by atoms with E-state index in [1.165, 1.54) is 0 Å². The van der Waals surface area contributed by atoms with Crippen LogP contribution in [0.15, 0.2) is 27.5 Å². The van der Waals surface area contributed by atoms with Crippen molar-refractivity contribution < 1.29 is 9.32 Å². The molecule has 1 amide bonds. The Morgan fingerprint density at radius 1 is 1.38 bits per heavy atom. The largest absolute Gasteiger partial charge is 0.339 e. The molecule has 1 aliphatic heterocycles. The highest BCUT2D eigenvalue weighted by Crippen LogP contribution is 2.27. The summed E-state index contributed by atoms with van der Waals surface area (Å²) in [6, 6.07) is 1.79. The zero-order valence-electron chi connectivity index (χ0n) is 11.6. The maximum atomic E-state index is 12.4. The molecular weight excluding hydrogens is 336 g/mol. The molecule has 0 unspecified atom stereocenters. The highest BCUT2D eigenvalue weighted by molar-refractivity contribution is 9.10. The monoisotopic (exact) mass is 350 g/mol. The van der Waals surface area contributed by atoms with Gasteiger partial charge in [0.25, 0.3) is 5.91 Å². The van der Waals surface area contributed by atoms with Gasteiger partial charge in [0.05, 0.1) is 5.56 Å². The van der Waals surface area contributed by atoms with Gasteiger partial charge in [0, 0.05) is 35.9 Å². The molecule has 110 valence electrons. The van der Waals surface area contributed by atoms with Gasteiger partial charge in [-0.15, -0.1) is 0 Å². The van der Waals surface area contributed by atoms with Crippen LogP contribution in [0.25, 0.3) is 0 Å². The van der Waals surface area contributed by atoms with Crippen LogP contribution in [-0.4, -0.2) is 39.0 Å². The van der Waals surface area contributed by atoms with E-state index in [1.54, 1.807) is 18.5 Å². The number of aryl methyl sites for hydroxylation is 1. The quantitative estimate of drug-likeness (QED) is 0.832. The lowest BCUT2D eigenvalue weighted by molar-refractivity contribution is 0.0704. The molecule has 0 radical (unpaired) electrons. The fourth-order valence-corrected chi connectivity index (χ4v) is 2.88. The molecule has 0 spiro atoms. The third-order valence-electron chi connectivity index (χ3n) is 3.63. The number of nitrogens with zero attached hydrogens (tertiary/aromatic N) is 4. The number of piperidine rings is 1. The van der Waals surface area contributed by atoms with Crippen molar-refractivity contribution in [2.75, 3.05) is 13.1 Å². The molecule has 3 heterocycles. The molecule has 6 nitrogen and oxygen atoms in total. The Morgan fingerprint density at radius 2 is 2.14 bits per heavy atom. The maximum Gasteiger partial charge on any atom is 0.255 e. The molecular formula is C14H15BrN4O2. The highest BCUT2D eigenvalue weighted by atomic mass is 79.9. The summed E-state index contributed by atoms with van der Waals surface area (Å²) in [5.74, 6) is 1.60. The molecule has 0 aliphatic carbocycles. The van der Waals surface area contributed by atoms with Crippen LogP contribution in [-0.2, 0) is 0 Å². The van der Waals surface area contributed by atoms with Gasteiger partial charge < -0.3 is 9.42 Å². The number of carbonyl (C=O) groups excluding carboxylic acids is 1. The Labute approximate surface area is 130 Å². The van der Waals surface area contributed by atoms with Crippen LogP contribution in [0.1, 0.15) is 40.8 Å². The summed E-state index contributed by atoms with van der Waals surface area (Å²) >= 11 is 3.34. The van der Waals surface area contributed by atoms with E-state index in [-0.39, 0.29) is 11.8 Å². The van der Waals surface area contributed by atoms with Crippen molar-refractivity contribution in [3.05, 3.63) is 40.2 Å². The molecule has 21 heavy (non-hydrogen) atoms. The van der Waals surface area contributed by atoms with E-state index in [2.05, 4.69) is 31.1 Å². The smallest absolute Gasteiger partial charge is 0.255 e. The molecule has 0 saturated carbocycles. The Balaban J connectivity index is 1.64. The van der Waals surface area contributed by atoms with E-state index >= 15 is 0 Å². The number of halogens is 1. The number of aromatic nitrogens is 3. The van der Waals surface area contributed by atoms with E-state index < -0.39 is 0 Å². The number of pyridine rings is 1. The van der Waals surface area contributed by atoms with Crippen LogP contribution in [0, 0.1) is 6.92 Å². The van der Waals surface area contributed by atoms with Gasteiger partial charge in [-0.25, -0.2) is 0 Å². The van der Waals surface area contributed by atoms with Gasteiger partial charge in [0.15, 0.2) is 5.82 Å². The molecule has 2 aromatic heterocycles. The zero-order chi connectivity index (χ0) is 14.8. The lowest BCUT2D eigenvalue weighted by Gasteiger charge is -2.30. The number of hydrogen-bond donors (Lipinski definition) is 0. The minimum atomic E-state index is 0.0176. The number of carbonyl (C=O) groups is 1. The Bertz CT molecular complexity index is 650. The van der Waals surface area contributed by atoms with Gasteiger partial charge in [-0.05, 0) is 41.8 Å². The number of rotatable bonds is 2. The molecule has 2 aromatic rings. The van der Waals surface area contributed by atoms with E-state index in [0.717, 1.165) is 17.3 Å². The number of hydrogen-bond acceptors (Lipinski definition) is 5. The van der Waals surface area contributed by atoms with Crippen LogP contribution in [0.3, 0.4) is 0 Å². The van der Waals surface area contributed by atoms with Crippen molar-refractivity contribution >= 4 is 21.8 Å².